The summed E-state index contributed by atoms with van der Waals surface area (Å²) in [7, 11) is 3.96. The van der Waals surface area contributed by atoms with Crippen LogP contribution in [0.15, 0.2) is 6.20 Å². The van der Waals surface area contributed by atoms with Gasteiger partial charge in [-0.1, -0.05) is 0 Å². The molecular formula is C12H23N5O. The van der Waals surface area contributed by atoms with Crippen LogP contribution in [0, 0.1) is 0 Å². The van der Waals surface area contributed by atoms with Gasteiger partial charge < -0.3 is 16.0 Å². The molecule has 0 fully saturated rings. The highest BCUT2D eigenvalue weighted by molar-refractivity contribution is 5.97. The van der Waals surface area contributed by atoms with Gasteiger partial charge in [-0.3, -0.25) is 9.48 Å². The summed E-state index contributed by atoms with van der Waals surface area (Å²) in [5, 5.41) is 7.00. The number of hydrogen-bond donors (Lipinski definition) is 2. The van der Waals surface area contributed by atoms with E-state index in [0.717, 1.165) is 0 Å². The molecule has 0 aliphatic rings. The van der Waals surface area contributed by atoms with Crippen molar-refractivity contribution in [2.45, 2.75) is 32.9 Å². The number of nitrogen functional groups attached to an aromatic ring is 1. The Morgan fingerprint density at radius 3 is 2.61 bits per heavy atom. The maximum atomic E-state index is 12.0. The van der Waals surface area contributed by atoms with Gasteiger partial charge in [0.25, 0.3) is 5.91 Å². The van der Waals surface area contributed by atoms with Gasteiger partial charge in [-0.15, -0.1) is 0 Å². The van der Waals surface area contributed by atoms with E-state index in [-0.39, 0.29) is 11.4 Å². The van der Waals surface area contributed by atoms with E-state index in [1.54, 1.807) is 10.9 Å². The van der Waals surface area contributed by atoms with Crippen molar-refractivity contribution in [1.82, 2.24) is 20.0 Å². The van der Waals surface area contributed by atoms with Gasteiger partial charge >= 0.3 is 0 Å². The minimum Gasteiger partial charge on any atom is -0.396 e. The highest BCUT2D eigenvalue weighted by Gasteiger charge is 2.23. The zero-order chi connectivity index (χ0) is 13.9. The van der Waals surface area contributed by atoms with Gasteiger partial charge in [0.05, 0.1) is 5.69 Å². The predicted octanol–water partition coefficient (Wildman–Crippen LogP) is 0.555. The summed E-state index contributed by atoms with van der Waals surface area (Å²) in [5.41, 5.74) is 6.36. The van der Waals surface area contributed by atoms with Crippen LogP contribution >= 0.6 is 0 Å². The van der Waals surface area contributed by atoms with Gasteiger partial charge in [0.15, 0.2) is 5.69 Å². The monoisotopic (exact) mass is 253 g/mol. The van der Waals surface area contributed by atoms with Crippen LogP contribution in [0.25, 0.3) is 0 Å². The molecule has 18 heavy (non-hydrogen) atoms. The van der Waals surface area contributed by atoms with Gasteiger partial charge in [-0.2, -0.15) is 5.10 Å². The molecule has 6 nitrogen and oxygen atoms in total. The van der Waals surface area contributed by atoms with Crippen molar-refractivity contribution in [2.24, 2.45) is 0 Å². The molecule has 1 heterocycles. The molecule has 0 saturated heterocycles. The number of nitrogens with two attached hydrogens (primary N) is 1. The molecule has 1 amide bonds. The summed E-state index contributed by atoms with van der Waals surface area (Å²) in [5.74, 6) is -0.227. The number of hydrogen-bond acceptors (Lipinski definition) is 4. The number of aromatic nitrogens is 2. The van der Waals surface area contributed by atoms with Crippen LogP contribution in [0.1, 0.15) is 31.3 Å². The summed E-state index contributed by atoms with van der Waals surface area (Å²) in [6, 6.07) is 0. The summed E-state index contributed by atoms with van der Waals surface area (Å²) in [6.07, 6.45) is 1.67. The predicted molar refractivity (Wildman–Crippen MR) is 72.4 cm³/mol. The number of carbonyl (C=O) groups excluding carboxylic acids is 1. The van der Waals surface area contributed by atoms with E-state index < -0.39 is 0 Å². The highest BCUT2D eigenvalue weighted by Crippen LogP contribution is 2.11. The standard InChI is InChI=1S/C12H23N5O/c1-6-17-7-9(13)10(15-17)11(18)14-8-12(2,3)16(4)5/h7H,6,8,13H2,1-5H3,(H,14,18). The lowest BCUT2D eigenvalue weighted by atomic mass is 10.0. The quantitative estimate of drug-likeness (QED) is 0.803. The Kier molecular flexibility index (Phi) is 4.34. The third-order valence-corrected chi connectivity index (χ3v) is 3.22. The fraction of sp³-hybridized carbons (Fsp3) is 0.667. The number of aryl methyl sites for hydroxylation is 1. The minimum absolute atomic E-state index is 0.113. The fourth-order valence-corrected chi connectivity index (χ4v) is 1.31. The van der Waals surface area contributed by atoms with Crippen molar-refractivity contribution in [3.05, 3.63) is 11.9 Å². The Morgan fingerprint density at radius 1 is 1.56 bits per heavy atom. The molecular weight excluding hydrogens is 230 g/mol. The second-order valence-corrected chi connectivity index (χ2v) is 5.18. The highest BCUT2D eigenvalue weighted by atomic mass is 16.2. The van der Waals surface area contributed by atoms with E-state index in [9.17, 15) is 4.79 Å². The Labute approximate surface area is 108 Å². The van der Waals surface area contributed by atoms with E-state index in [1.807, 2.05) is 21.0 Å². The average molecular weight is 253 g/mol. The number of likely N-dealkylation sites (N-methyl/N-ethyl adjacent to an activating group) is 1. The summed E-state index contributed by atoms with van der Waals surface area (Å²) in [4.78, 5) is 14.0. The topological polar surface area (TPSA) is 76.2 Å². The van der Waals surface area contributed by atoms with E-state index in [2.05, 4.69) is 29.2 Å². The molecule has 0 bridgehead atoms. The lowest BCUT2D eigenvalue weighted by molar-refractivity contribution is 0.0915. The van der Waals surface area contributed by atoms with Crippen LogP contribution in [0.4, 0.5) is 5.69 Å². The number of carbonyl (C=O) groups is 1. The lowest BCUT2D eigenvalue weighted by Gasteiger charge is -2.32. The molecule has 0 spiro atoms. The first-order valence-electron chi connectivity index (χ1n) is 6.06. The van der Waals surface area contributed by atoms with Crippen LogP contribution in [0.5, 0.6) is 0 Å². The van der Waals surface area contributed by atoms with Crippen LogP contribution in [0.3, 0.4) is 0 Å². The van der Waals surface area contributed by atoms with Gasteiger partial charge in [0.1, 0.15) is 0 Å². The van der Waals surface area contributed by atoms with Crippen LogP contribution in [-0.2, 0) is 6.54 Å². The molecule has 1 aromatic rings. The number of nitrogens with one attached hydrogen (secondary N) is 1. The molecule has 0 radical (unpaired) electrons. The molecule has 0 unspecified atom stereocenters. The Morgan fingerprint density at radius 2 is 2.17 bits per heavy atom. The van der Waals surface area contributed by atoms with Crippen LogP contribution in [0.2, 0.25) is 0 Å². The van der Waals surface area contributed by atoms with E-state index >= 15 is 0 Å². The molecule has 0 aromatic carbocycles. The molecule has 1 aromatic heterocycles. The lowest BCUT2D eigenvalue weighted by Crippen LogP contribution is -2.48. The largest absolute Gasteiger partial charge is 0.396 e. The normalized spacial score (nSPS) is 11.9. The molecule has 102 valence electrons. The van der Waals surface area contributed by atoms with Crippen LogP contribution in [-0.4, -0.2) is 46.8 Å². The van der Waals surface area contributed by atoms with E-state index in [0.29, 0.717) is 24.5 Å². The summed E-state index contributed by atoms with van der Waals surface area (Å²) < 4.78 is 1.65. The van der Waals surface area contributed by atoms with Gasteiger partial charge in [-0.25, -0.2) is 0 Å². The Balaban J connectivity index is 2.68. The van der Waals surface area contributed by atoms with Crippen molar-refractivity contribution >= 4 is 11.6 Å². The zero-order valence-corrected chi connectivity index (χ0v) is 11.8. The third-order valence-electron chi connectivity index (χ3n) is 3.22. The van der Waals surface area contributed by atoms with Crippen LogP contribution < -0.4 is 11.1 Å². The molecule has 0 aliphatic carbocycles. The first-order valence-corrected chi connectivity index (χ1v) is 6.06. The van der Waals surface area contributed by atoms with E-state index in [4.69, 9.17) is 5.73 Å². The second kappa shape index (κ2) is 5.39. The van der Waals surface area contributed by atoms with Crippen molar-refractivity contribution in [1.29, 1.82) is 0 Å². The third kappa shape index (κ3) is 3.22. The van der Waals surface area contributed by atoms with Crippen molar-refractivity contribution in [3.63, 3.8) is 0 Å². The molecule has 0 atom stereocenters. The minimum atomic E-state index is -0.227. The zero-order valence-electron chi connectivity index (χ0n) is 11.8. The van der Waals surface area contributed by atoms with E-state index in [1.165, 1.54) is 0 Å². The molecule has 6 heteroatoms. The molecule has 0 aliphatic heterocycles. The number of rotatable bonds is 5. The molecule has 1 rings (SSSR count). The van der Waals surface area contributed by atoms with Gasteiger partial charge in [-0.05, 0) is 34.9 Å². The first-order chi connectivity index (χ1) is 8.27. The number of nitrogens with zero attached hydrogens (tertiary/aromatic N) is 3. The van der Waals surface area contributed by atoms with Gasteiger partial charge in [0.2, 0.25) is 0 Å². The first kappa shape index (κ1) is 14.5. The SMILES string of the molecule is CCn1cc(N)c(C(=O)NCC(C)(C)N(C)C)n1. The number of anilines is 1. The Hall–Kier alpha value is -1.56. The number of amides is 1. The maximum absolute atomic E-state index is 12.0. The summed E-state index contributed by atoms with van der Waals surface area (Å²) >= 11 is 0. The summed E-state index contributed by atoms with van der Waals surface area (Å²) in [6.45, 7) is 7.30. The molecule has 3 N–H and O–H groups in total. The smallest absolute Gasteiger partial charge is 0.274 e. The molecule has 0 saturated carbocycles. The maximum Gasteiger partial charge on any atom is 0.274 e. The Bertz CT molecular complexity index is 422. The fourth-order valence-electron chi connectivity index (χ4n) is 1.31. The van der Waals surface area contributed by atoms with Crippen molar-refractivity contribution in [2.75, 3.05) is 26.4 Å². The van der Waals surface area contributed by atoms with Crippen molar-refractivity contribution in [3.8, 4) is 0 Å². The van der Waals surface area contributed by atoms with Gasteiger partial charge in [0, 0.05) is 24.8 Å². The van der Waals surface area contributed by atoms with Crippen molar-refractivity contribution < 1.29 is 4.79 Å². The average Bonchev–Trinajstić information content (AvgIpc) is 2.67. The second-order valence-electron chi connectivity index (χ2n) is 5.18.